The summed E-state index contributed by atoms with van der Waals surface area (Å²) in [7, 11) is 0. The van der Waals surface area contributed by atoms with Crippen LogP contribution in [0.3, 0.4) is 0 Å². The van der Waals surface area contributed by atoms with E-state index in [1.54, 1.807) is 0 Å². The zero-order chi connectivity index (χ0) is 14.7. The molecule has 0 saturated heterocycles. The van der Waals surface area contributed by atoms with Crippen LogP contribution < -0.4 is 4.74 Å². The second kappa shape index (κ2) is 6.01. The maximum atomic E-state index is 5.88. The Morgan fingerprint density at radius 3 is 2.71 bits per heavy atom. The van der Waals surface area contributed by atoms with E-state index >= 15 is 0 Å². The number of para-hydroxylation sites is 1. The van der Waals surface area contributed by atoms with Crippen LogP contribution in [0.2, 0.25) is 5.28 Å². The zero-order valence-corrected chi connectivity index (χ0v) is 12.2. The molecule has 0 unspecified atom stereocenters. The summed E-state index contributed by atoms with van der Waals surface area (Å²) in [6.07, 6.45) is 0.479. The van der Waals surface area contributed by atoms with Crippen molar-refractivity contribution in [3.8, 4) is 6.01 Å². The van der Waals surface area contributed by atoms with Crippen molar-refractivity contribution < 1.29 is 4.74 Å². The standard InChI is InChI=1S/C15H13ClN4O/c1-2-21-15-19-13(18-14(16)20-15)9-11-8-7-10-5-3-4-6-12(10)17-11/h3-8H,2,9H2,1H3. The minimum absolute atomic E-state index is 0.129. The molecule has 1 aromatic carbocycles. The highest BCUT2D eigenvalue weighted by molar-refractivity contribution is 6.28. The molecule has 0 bridgehead atoms. The third-order valence-electron chi connectivity index (χ3n) is 2.90. The van der Waals surface area contributed by atoms with Gasteiger partial charge in [0, 0.05) is 11.1 Å². The lowest BCUT2D eigenvalue weighted by molar-refractivity contribution is 0.310. The molecule has 0 aliphatic rings. The summed E-state index contributed by atoms with van der Waals surface area (Å²) in [5.41, 5.74) is 1.82. The first-order valence-corrected chi connectivity index (χ1v) is 7.00. The van der Waals surface area contributed by atoms with Crippen molar-refractivity contribution in [2.45, 2.75) is 13.3 Å². The molecule has 0 fully saturated rings. The van der Waals surface area contributed by atoms with Crippen LogP contribution in [0.25, 0.3) is 10.9 Å². The predicted molar refractivity (Wildman–Crippen MR) is 80.6 cm³/mol. The highest BCUT2D eigenvalue weighted by Gasteiger charge is 2.08. The van der Waals surface area contributed by atoms with Crippen LogP contribution in [-0.2, 0) is 6.42 Å². The van der Waals surface area contributed by atoms with Crippen molar-refractivity contribution in [1.82, 2.24) is 19.9 Å². The number of halogens is 1. The van der Waals surface area contributed by atoms with Gasteiger partial charge in [-0.25, -0.2) is 4.98 Å². The van der Waals surface area contributed by atoms with Gasteiger partial charge in [-0.2, -0.15) is 9.97 Å². The van der Waals surface area contributed by atoms with Crippen LogP contribution in [0.1, 0.15) is 18.4 Å². The molecular weight excluding hydrogens is 288 g/mol. The molecule has 6 heteroatoms. The predicted octanol–water partition coefficient (Wildman–Crippen LogP) is 3.06. The number of fused-ring (bicyclic) bond motifs is 1. The van der Waals surface area contributed by atoms with Crippen LogP contribution in [0, 0.1) is 0 Å². The highest BCUT2D eigenvalue weighted by Crippen LogP contribution is 2.15. The Bertz CT molecular complexity index is 778. The molecule has 0 aliphatic heterocycles. The van der Waals surface area contributed by atoms with Crippen LogP contribution in [0.4, 0.5) is 0 Å². The summed E-state index contributed by atoms with van der Waals surface area (Å²) in [4.78, 5) is 16.9. The quantitative estimate of drug-likeness (QED) is 0.741. The van der Waals surface area contributed by atoms with Gasteiger partial charge >= 0.3 is 6.01 Å². The maximum absolute atomic E-state index is 5.88. The number of pyridine rings is 1. The van der Waals surface area contributed by atoms with Gasteiger partial charge in [-0.1, -0.05) is 24.3 Å². The second-order valence-electron chi connectivity index (χ2n) is 4.41. The number of hydrogen-bond acceptors (Lipinski definition) is 5. The van der Waals surface area contributed by atoms with Gasteiger partial charge in [0.15, 0.2) is 0 Å². The van der Waals surface area contributed by atoms with E-state index in [1.165, 1.54) is 0 Å². The number of nitrogens with zero attached hydrogens (tertiary/aromatic N) is 4. The fourth-order valence-corrected chi connectivity index (χ4v) is 2.18. The summed E-state index contributed by atoms with van der Waals surface area (Å²) in [5, 5.41) is 1.23. The number of ether oxygens (including phenoxy) is 1. The zero-order valence-electron chi connectivity index (χ0n) is 11.5. The molecule has 0 radical (unpaired) electrons. The van der Waals surface area contributed by atoms with E-state index in [0.29, 0.717) is 18.9 Å². The Morgan fingerprint density at radius 1 is 1.00 bits per heavy atom. The minimum atomic E-state index is 0.129. The Kier molecular flexibility index (Phi) is 3.92. The molecule has 0 aliphatic carbocycles. The second-order valence-corrected chi connectivity index (χ2v) is 4.75. The fourth-order valence-electron chi connectivity index (χ4n) is 2.01. The maximum Gasteiger partial charge on any atom is 0.320 e. The first kappa shape index (κ1) is 13.7. The van der Waals surface area contributed by atoms with Gasteiger partial charge in [-0.05, 0) is 30.7 Å². The fraction of sp³-hybridized carbons (Fsp3) is 0.200. The Labute approximate surface area is 127 Å². The van der Waals surface area contributed by atoms with Gasteiger partial charge < -0.3 is 4.74 Å². The summed E-state index contributed by atoms with van der Waals surface area (Å²) in [6.45, 7) is 2.34. The van der Waals surface area contributed by atoms with Crippen molar-refractivity contribution in [1.29, 1.82) is 0 Å². The van der Waals surface area contributed by atoms with Gasteiger partial charge in [0.05, 0.1) is 18.5 Å². The van der Waals surface area contributed by atoms with Gasteiger partial charge in [-0.3, -0.25) is 4.98 Å². The van der Waals surface area contributed by atoms with Gasteiger partial charge in [0.25, 0.3) is 0 Å². The number of benzene rings is 1. The SMILES string of the molecule is CCOc1nc(Cl)nc(Cc2ccc3ccccc3n2)n1. The van der Waals surface area contributed by atoms with Crippen molar-refractivity contribution in [2.75, 3.05) is 6.61 Å². The van der Waals surface area contributed by atoms with Gasteiger partial charge in [-0.15, -0.1) is 0 Å². The van der Waals surface area contributed by atoms with E-state index in [0.717, 1.165) is 16.6 Å². The van der Waals surface area contributed by atoms with Gasteiger partial charge in [0.1, 0.15) is 5.82 Å². The molecule has 2 heterocycles. The van der Waals surface area contributed by atoms with E-state index in [2.05, 4.69) is 19.9 Å². The van der Waals surface area contributed by atoms with Crippen LogP contribution in [0.5, 0.6) is 6.01 Å². The molecule has 3 rings (SSSR count). The average molecular weight is 301 g/mol. The molecule has 5 nitrogen and oxygen atoms in total. The highest BCUT2D eigenvalue weighted by atomic mass is 35.5. The van der Waals surface area contributed by atoms with E-state index in [4.69, 9.17) is 16.3 Å². The Balaban J connectivity index is 1.90. The topological polar surface area (TPSA) is 60.8 Å². The molecule has 2 aromatic heterocycles. The molecule has 0 spiro atoms. The van der Waals surface area contributed by atoms with Crippen LogP contribution in [0.15, 0.2) is 36.4 Å². The first-order valence-electron chi connectivity index (χ1n) is 6.62. The lowest BCUT2D eigenvalue weighted by Crippen LogP contribution is -2.05. The lowest BCUT2D eigenvalue weighted by Gasteiger charge is -2.05. The van der Waals surface area contributed by atoms with Crippen molar-refractivity contribution in [3.05, 3.63) is 53.2 Å². The molecule has 0 atom stereocenters. The lowest BCUT2D eigenvalue weighted by atomic mass is 10.2. The molecule has 0 N–H and O–H groups in total. The number of rotatable bonds is 4. The largest absolute Gasteiger partial charge is 0.464 e. The molecule has 0 saturated carbocycles. The summed E-state index contributed by atoms with van der Waals surface area (Å²) < 4.78 is 5.27. The molecule has 106 valence electrons. The number of aromatic nitrogens is 4. The van der Waals surface area contributed by atoms with E-state index in [1.807, 2.05) is 43.3 Å². The Hall–Kier alpha value is -2.27. The van der Waals surface area contributed by atoms with Crippen LogP contribution in [-0.4, -0.2) is 26.5 Å². The summed E-state index contributed by atoms with van der Waals surface area (Å²) in [6, 6.07) is 12.2. The minimum Gasteiger partial charge on any atom is -0.464 e. The van der Waals surface area contributed by atoms with E-state index in [-0.39, 0.29) is 11.3 Å². The number of hydrogen-bond donors (Lipinski definition) is 0. The van der Waals surface area contributed by atoms with E-state index in [9.17, 15) is 0 Å². The average Bonchev–Trinajstić information content (AvgIpc) is 2.47. The van der Waals surface area contributed by atoms with Crippen molar-refractivity contribution in [3.63, 3.8) is 0 Å². The van der Waals surface area contributed by atoms with Crippen molar-refractivity contribution in [2.24, 2.45) is 0 Å². The monoisotopic (exact) mass is 300 g/mol. The first-order chi connectivity index (χ1) is 10.2. The third kappa shape index (κ3) is 3.25. The molecule has 21 heavy (non-hydrogen) atoms. The van der Waals surface area contributed by atoms with E-state index < -0.39 is 0 Å². The normalized spacial score (nSPS) is 10.8. The van der Waals surface area contributed by atoms with Crippen molar-refractivity contribution >= 4 is 22.5 Å². The summed E-state index contributed by atoms with van der Waals surface area (Å²) in [5.74, 6) is 0.543. The molecule has 3 aromatic rings. The molecular formula is C15H13ClN4O. The van der Waals surface area contributed by atoms with Crippen LogP contribution >= 0.6 is 11.6 Å². The third-order valence-corrected chi connectivity index (χ3v) is 3.07. The van der Waals surface area contributed by atoms with Gasteiger partial charge in [0.2, 0.25) is 5.28 Å². The smallest absolute Gasteiger partial charge is 0.320 e. The Morgan fingerprint density at radius 2 is 1.86 bits per heavy atom. The molecule has 0 amide bonds. The summed E-state index contributed by atoms with van der Waals surface area (Å²) >= 11 is 5.88.